The molecular weight excluding hydrogens is 237 g/mol. The third kappa shape index (κ3) is 2.77. The summed E-state index contributed by atoms with van der Waals surface area (Å²) in [6, 6.07) is 11.6. The van der Waals surface area contributed by atoms with E-state index in [9.17, 15) is 4.39 Å². The maximum absolute atomic E-state index is 13.4. The first-order valence-electron chi connectivity index (χ1n) is 4.98. The molecular formula is C14H9ClFN. The van der Waals surface area contributed by atoms with Gasteiger partial charge in [-0.15, -0.1) is 0 Å². The van der Waals surface area contributed by atoms with Gasteiger partial charge >= 0.3 is 0 Å². The van der Waals surface area contributed by atoms with Gasteiger partial charge in [-0.3, -0.25) is 0 Å². The van der Waals surface area contributed by atoms with Crippen molar-refractivity contribution < 1.29 is 4.39 Å². The number of rotatable bonds is 0. The van der Waals surface area contributed by atoms with Crippen LogP contribution in [0.1, 0.15) is 11.1 Å². The Morgan fingerprint density at radius 1 is 1.00 bits per heavy atom. The monoisotopic (exact) mass is 245 g/mol. The highest BCUT2D eigenvalue weighted by molar-refractivity contribution is 6.30. The molecule has 0 atom stereocenters. The fraction of sp³-hybridized carbons (Fsp3) is 0. The van der Waals surface area contributed by atoms with Gasteiger partial charge in [-0.05, 0) is 30.3 Å². The van der Waals surface area contributed by atoms with Gasteiger partial charge in [-0.25, -0.2) is 4.39 Å². The molecule has 0 fully saturated rings. The topological polar surface area (TPSA) is 26.0 Å². The first-order valence-corrected chi connectivity index (χ1v) is 5.36. The highest BCUT2D eigenvalue weighted by Gasteiger charge is 1.99. The van der Waals surface area contributed by atoms with Crippen molar-refractivity contribution >= 4 is 17.3 Å². The van der Waals surface area contributed by atoms with E-state index in [4.69, 9.17) is 17.3 Å². The highest BCUT2D eigenvalue weighted by atomic mass is 35.5. The molecule has 0 heterocycles. The fourth-order valence-electron chi connectivity index (χ4n) is 1.34. The lowest BCUT2D eigenvalue weighted by Crippen LogP contribution is -1.89. The molecule has 0 amide bonds. The number of nitrogen functional groups attached to an aromatic ring is 1. The molecule has 2 aromatic carbocycles. The third-order valence-corrected chi connectivity index (χ3v) is 2.46. The van der Waals surface area contributed by atoms with E-state index < -0.39 is 5.82 Å². The average molecular weight is 246 g/mol. The molecule has 0 saturated heterocycles. The maximum atomic E-state index is 13.4. The van der Waals surface area contributed by atoms with Crippen molar-refractivity contribution in [3.8, 4) is 11.8 Å². The van der Waals surface area contributed by atoms with Crippen molar-refractivity contribution in [1.29, 1.82) is 0 Å². The number of nitrogens with two attached hydrogens (primary N) is 1. The van der Waals surface area contributed by atoms with Crippen molar-refractivity contribution in [2.75, 3.05) is 5.73 Å². The van der Waals surface area contributed by atoms with E-state index in [2.05, 4.69) is 11.8 Å². The van der Waals surface area contributed by atoms with Crippen LogP contribution < -0.4 is 5.73 Å². The number of anilines is 1. The van der Waals surface area contributed by atoms with Gasteiger partial charge in [0.1, 0.15) is 5.82 Å². The summed E-state index contributed by atoms with van der Waals surface area (Å²) in [5.74, 6) is 5.13. The van der Waals surface area contributed by atoms with Crippen LogP contribution in [-0.2, 0) is 0 Å². The zero-order valence-corrected chi connectivity index (χ0v) is 9.63. The summed E-state index contributed by atoms with van der Waals surface area (Å²) in [5.41, 5.74) is 7.29. The smallest absolute Gasteiger partial charge is 0.140 e. The summed E-state index contributed by atoms with van der Waals surface area (Å²) in [6.07, 6.45) is 0. The Balaban J connectivity index is 2.37. The second-order valence-electron chi connectivity index (χ2n) is 3.46. The molecule has 17 heavy (non-hydrogen) atoms. The van der Waals surface area contributed by atoms with E-state index in [0.717, 1.165) is 0 Å². The van der Waals surface area contributed by atoms with Crippen LogP contribution in [0.3, 0.4) is 0 Å². The zero-order valence-electron chi connectivity index (χ0n) is 8.87. The Hall–Kier alpha value is -1.98. The molecule has 0 bridgehead atoms. The Morgan fingerprint density at radius 3 is 2.41 bits per heavy atom. The Kier molecular flexibility index (Phi) is 3.32. The van der Waals surface area contributed by atoms with Crippen LogP contribution in [0.2, 0.25) is 5.02 Å². The predicted octanol–water partition coefficient (Wildman–Crippen LogP) is 3.46. The van der Waals surface area contributed by atoms with E-state index in [1.54, 1.807) is 24.3 Å². The third-order valence-electron chi connectivity index (χ3n) is 2.22. The van der Waals surface area contributed by atoms with Crippen LogP contribution in [0.15, 0.2) is 42.5 Å². The summed E-state index contributed by atoms with van der Waals surface area (Å²) in [4.78, 5) is 0. The van der Waals surface area contributed by atoms with Gasteiger partial charge < -0.3 is 5.73 Å². The normalized spacial score (nSPS) is 9.53. The van der Waals surface area contributed by atoms with E-state index in [1.165, 1.54) is 6.07 Å². The van der Waals surface area contributed by atoms with Crippen LogP contribution in [-0.4, -0.2) is 0 Å². The molecule has 0 aromatic heterocycles. The molecule has 0 saturated carbocycles. The first kappa shape index (κ1) is 11.5. The fourth-order valence-corrected chi connectivity index (χ4v) is 1.50. The number of para-hydroxylation sites is 1. The minimum atomic E-state index is -0.431. The quantitative estimate of drug-likeness (QED) is 0.558. The second kappa shape index (κ2) is 4.90. The Bertz CT molecular complexity index is 611. The van der Waals surface area contributed by atoms with Crippen molar-refractivity contribution in [3.63, 3.8) is 0 Å². The van der Waals surface area contributed by atoms with Gasteiger partial charge in [0.15, 0.2) is 0 Å². The summed E-state index contributed by atoms with van der Waals surface area (Å²) >= 11 is 5.65. The standard InChI is InChI=1S/C14H9ClFN/c15-12-8-7-10(13(16)9-12)5-6-11-3-1-2-4-14(11)17/h1-4,7-9H,17H2. The van der Waals surface area contributed by atoms with Crippen LogP contribution >= 0.6 is 11.6 Å². The molecule has 3 heteroatoms. The van der Waals surface area contributed by atoms with Gasteiger partial charge in [0.25, 0.3) is 0 Å². The lowest BCUT2D eigenvalue weighted by molar-refractivity contribution is 0.624. The first-order chi connectivity index (χ1) is 8.16. The molecule has 0 aliphatic heterocycles. The average Bonchev–Trinajstić information content (AvgIpc) is 2.30. The van der Waals surface area contributed by atoms with Crippen molar-refractivity contribution in [2.45, 2.75) is 0 Å². The molecule has 2 aromatic rings. The van der Waals surface area contributed by atoms with Crippen molar-refractivity contribution in [2.24, 2.45) is 0 Å². The van der Waals surface area contributed by atoms with E-state index in [1.807, 2.05) is 12.1 Å². The van der Waals surface area contributed by atoms with E-state index in [0.29, 0.717) is 21.8 Å². The minimum absolute atomic E-state index is 0.303. The summed E-state index contributed by atoms with van der Waals surface area (Å²) in [5, 5.41) is 0.354. The van der Waals surface area contributed by atoms with Crippen LogP contribution in [0.4, 0.5) is 10.1 Å². The SMILES string of the molecule is Nc1ccccc1C#Cc1ccc(Cl)cc1F. The Labute approximate surface area is 104 Å². The molecule has 1 nitrogen and oxygen atoms in total. The van der Waals surface area contributed by atoms with E-state index >= 15 is 0 Å². The zero-order chi connectivity index (χ0) is 12.3. The molecule has 0 spiro atoms. The summed E-state index contributed by atoms with van der Waals surface area (Å²) < 4.78 is 13.4. The molecule has 0 aliphatic carbocycles. The molecule has 2 rings (SSSR count). The predicted molar refractivity (Wildman–Crippen MR) is 68.2 cm³/mol. The highest BCUT2D eigenvalue weighted by Crippen LogP contribution is 2.14. The molecule has 0 aliphatic rings. The van der Waals surface area contributed by atoms with Gasteiger partial charge in [0.05, 0.1) is 5.56 Å². The van der Waals surface area contributed by atoms with Gasteiger partial charge in [-0.1, -0.05) is 35.6 Å². The van der Waals surface area contributed by atoms with Crippen LogP contribution in [0.5, 0.6) is 0 Å². The molecule has 2 N–H and O–H groups in total. The van der Waals surface area contributed by atoms with Gasteiger partial charge in [0, 0.05) is 16.3 Å². The molecule has 0 unspecified atom stereocenters. The lowest BCUT2D eigenvalue weighted by Gasteiger charge is -1.96. The number of hydrogen-bond acceptors (Lipinski definition) is 1. The summed E-state index contributed by atoms with van der Waals surface area (Å²) in [7, 11) is 0. The number of benzene rings is 2. The molecule has 84 valence electrons. The molecule has 0 radical (unpaired) electrons. The van der Waals surface area contributed by atoms with Crippen LogP contribution in [0, 0.1) is 17.7 Å². The minimum Gasteiger partial charge on any atom is -0.398 e. The van der Waals surface area contributed by atoms with Gasteiger partial charge in [0.2, 0.25) is 0 Å². The van der Waals surface area contributed by atoms with Crippen molar-refractivity contribution in [1.82, 2.24) is 0 Å². The van der Waals surface area contributed by atoms with Crippen LogP contribution in [0.25, 0.3) is 0 Å². The lowest BCUT2D eigenvalue weighted by atomic mass is 10.1. The van der Waals surface area contributed by atoms with Gasteiger partial charge in [-0.2, -0.15) is 0 Å². The summed E-state index contributed by atoms with van der Waals surface area (Å²) in [6.45, 7) is 0. The maximum Gasteiger partial charge on any atom is 0.140 e. The number of halogens is 2. The van der Waals surface area contributed by atoms with Crippen molar-refractivity contribution in [3.05, 3.63) is 64.4 Å². The number of hydrogen-bond donors (Lipinski definition) is 1. The largest absolute Gasteiger partial charge is 0.398 e. The second-order valence-corrected chi connectivity index (χ2v) is 3.90. The van der Waals surface area contributed by atoms with E-state index in [-0.39, 0.29) is 0 Å². The Morgan fingerprint density at radius 2 is 1.71 bits per heavy atom.